The van der Waals surface area contributed by atoms with E-state index in [1.54, 1.807) is 0 Å². The van der Waals surface area contributed by atoms with Crippen molar-refractivity contribution in [3.8, 4) is 0 Å². The van der Waals surface area contributed by atoms with Crippen molar-refractivity contribution in [3.63, 3.8) is 0 Å². The molecule has 3 saturated heterocycles. The van der Waals surface area contributed by atoms with E-state index in [0.717, 1.165) is 12.8 Å². The molecule has 0 bridgehead atoms. The minimum atomic E-state index is -0.830. The molecule has 2 saturated carbocycles. The van der Waals surface area contributed by atoms with E-state index in [4.69, 9.17) is 9.47 Å². The summed E-state index contributed by atoms with van der Waals surface area (Å²) in [6.45, 7) is 2.18. The molecule has 2 aliphatic carbocycles. The third-order valence-electron chi connectivity index (χ3n) is 7.62. The fourth-order valence-corrected chi connectivity index (χ4v) is 5.96. The molecule has 0 aromatic heterocycles. The van der Waals surface area contributed by atoms with Gasteiger partial charge in [0.2, 0.25) is 5.91 Å². The van der Waals surface area contributed by atoms with Gasteiger partial charge in [0, 0.05) is 44.3 Å². The smallest absolute Gasteiger partial charge is 0.325 e. The minimum Gasteiger partial charge on any atom is -0.348 e. The molecular formula is C21H31N3O5. The fraction of sp³-hybridized carbons (Fsp3) is 0.857. The first-order chi connectivity index (χ1) is 14.0. The van der Waals surface area contributed by atoms with Gasteiger partial charge in [-0.25, -0.2) is 4.79 Å². The highest BCUT2D eigenvalue weighted by atomic mass is 16.7. The maximum absolute atomic E-state index is 13.2. The van der Waals surface area contributed by atoms with E-state index in [1.165, 1.54) is 24.2 Å². The number of nitrogens with one attached hydrogen (secondary N) is 1. The van der Waals surface area contributed by atoms with E-state index in [1.807, 2.05) is 4.90 Å². The Hall–Kier alpha value is -1.67. The van der Waals surface area contributed by atoms with Crippen LogP contribution in [0.1, 0.15) is 64.2 Å². The molecule has 0 aromatic carbocycles. The normalized spacial score (nSPS) is 32.0. The second kappa shape index (κ2) is 7.23. The highest BCUT2D eigenvalue weighted by Gasteiger charge is 2.57. The number of carbonyl (C=O) groups excluding carboxylic acids is 3. The molecule has 2 spiro atoms. The summed E-state index contributed by atoms with van der Waals surface area (Å²) in [6.07, 6.45) is 8.52. The van der Waals surface area contributed by atoms with Crippen molar-refractivity contribution >= 4 is 17.8 Å². The van der Waals surface area contributed by atoms with Crippen molar-refractivity contribution in [2.24, 2.45) is 5.92 Å². The number of hydrogen-bond donors (Lipinski definition) is 1. The summed E-state index contributed by atoms with van der Waals surface area (Å²) in [5.41, 5.74) is -0.830. The summed E-state index contributed by atoms with van der Waals surface area (Å²) in [5.74, 6) is -0.495. The zero-order chi connectivity index (χ0) is 20.1. The zero-order valence-corrected chi connectivity index (χ0v) is 17.0. The lowest BCUT2D eigenvalue weighted by molar-refractivity contribution is -0.186. The van der Waals surface area contributed by atoms with E-state index in [0.29, 0.717) is 64.4 Å². The van der Waals surface area contributed by atoms with Gasteiger partial charge in [-0.1, -0.05) is 19.3 Å². The predicted octanol–water partition coefficient (Wildman–Crippen LogP) is 1.78. The Morgan fingerprint density at radius 3 is 2.34 bits per heavy atom. The molecule has 160 valence electrons. The van der Waals surface area contributed by atoms with E-state index in [-0.39, 0.29) is 23.8 Å². The van der Waals surface area contributed by atoms with Gasteiger partial charge in [-0.05, 0) is 25.7 Å². The van der Waals surface area contributed by atoms with Crippen LogP contribution in [0.5, 0.6) is 0 Å². The van der Waals surface area contributed by atoms with E-state index in [2.05, 4.69) is 5.32 Å². The number of hydrogen-bond acceptors (Lipinski definition) is 5. The lowest BCUT2D eigenvalue weighted by Gasteiger charge is -2.39. The fourth-order valence-electron chi connectivity index (χ4n) is 5.96. The van der Waals surface area contributed by atoms with Crippen LogP contribution in [-0.2, 0) is 19.1 Å². The quantitative estimate of drug-likeness (QED) is 0.723. The summed E-state index contributed by atoms with van der Waals surface area (Å²) in [5, 5.41) is 2.96. The Labute approximate surface area is 171 Å². The number of ether oxygens (including phenoxy) is 2. The molecule has 0 aromatic rings. The molecule has 29 heavy (non-hydrogen) atoms. The molecule has 4 amide bonds. The Bertz CT molecular complexity index is 688. The third kappa shape index (κ3) is 3.34. The Kier molecular flexibility index (Phi) is 4.81. The zero-order valence-electron chi connectivity index (χ0n) is 17.0. The largest absolute Gasteiger partial charge is 0.348 e. The predicted molar refractivity (Wildman–Crippen MR) is 103 cm³/mol. The van der Waals surface area contributed by atoms with Crippen molar-refractivity contribution < 1.29 is 23.9 Å². The van der Waals surface area contributed by atoms with Crippen molar-refractivity contribution in [1.82, 2.24) is 15.1 Å². The summed E-state index contributed by atoms with van der Waals surface area (Å²) in [4.78, 5) is 41.8. The van der Waals surface area contributed by atoms with Crippen LogP contribution in [0, 0.1) is 5.92 Å². The third-order valence-corrected chi connectivity index (χ3v) is 7.62. The van der Waals surface area contributed by atoms with Crippen LogP contribution in [0.2, 0.25) is 0 Å². The average Bonchev–Trinajstić information content (AvgIpc) is 3.40. The van der Waals surface area contributed by atoms with Crippen LogP contribution >= 0.6 is 0 Å². The second-order valence-electron chi connectivity index (χ2n) is 9.44. The SMILES string of the molecule is O=C1NC2(CCC3(CC2)OCCO3)C(=O)N1CC1CC(=O)N(C2CCCCC2)C1. The van der Waals surface area contributed by atoms with E-state index < -0.39 is 11.3 Å². The molecule has 1 N–H and O–H groups in total. The first kappa shape index (κ1) is 19.3. The summed E-state index contributed by atoms with van der Waals surface area (Å²) in [6, 6.07) is 0.0272. The Balaban J connectivity index is 1.21. The van der Waals surface area contributed by atoms with Crippen LogP contribution in [0.4, 0.5) is 4.79 Å². The Morgan fingerprint density at radius 1 is 0.966 bits per heavy atom. The second-order valence-corrected chi connectivity index (χ2v) is 9.44. The Morgan fingerprint density at radius 2 is 1.66 bits per heavy atom. The van der Waals surface area contributed by atoms with E-state index in [9.17, 15) is 14.4 Å². The standard InChI is InChI=1S/C21H31N3O5/c25-17-12-15(13-23(17)16-4-2-1-3-5-16)14-24-18(26)20(22-19(24)27)6-8-21(9-7-20)28-10-11-29-21/h15-16H,1-14H2,(H,22,27). The van der Waals surface area contributed by atoms with Gasteiger partial charge in [-0.2, -0.15) is 0 Å². The molecule has 5 fully saturated rings. The molecule has 5 aliphatic rings. The molecular weight excluding hydrogens is 374 g/mol. The van der Waals surface area contributed by atoms with Gasteiger partial charge < -0.3 is 19.7 Å². The van der Waals surface area contributed by atoms with Gasteiger partial charge in [0.05, 0.1) is 13.2 Å². The number of urea groups is 1. The first-order valence-electron chi connectivity index (χ1n) is 11.2. The molecule has 8 nitrogen and oxygen atoms in total. The molecule has 1 atom stereocenters. The van der Waals surface area contributed by atoms with Crippen molar-refractivity contribution in [1.29, 1.82) is 0 Å². The topological polar surface area (TPSA) is 88.2 Å². The molecule has 3 aliphatic heterocycles. The molecule has 5 rings (SSSR count). The van der Waals surface area contributed by atoms with E-state index >= 15 is 0 Å². The number of rotatable bonds is 3. The minimum absolute atomic E-state index is 0.0331. The highest BCUT2D eigenvalue weighted by molar-refractivity contribution is 6.07. The maximum atomic E-state index is 13.2. The lowest BCUT2D eigenvalue weighted by atomic mass is 9.78. The van der Waals surface area contributed by atoms with Gasteiger partial charge in [-0.15, -0.1) is 0 Å². The van der Waals surface area contributed by atoms with Gasteiger partial charge in [0.15, 0.2) is 5.79 Å². The van der Waals surface area contributed by atoms with Gasteiger partial charge in [0.25, 0.3) is 5.91 Å². The number of imide groups is 1. The number of amides is 4. The first-order valence-corrected chi connectivity index (χ1v) is 11.2. The molecule has 1 unspecified atom stereocenters. The maximum Gasteiger partial charge on any atom is 0.325 e. The average molecular weight is 405 g/mol. The van der Waals surface area contributed by atoms with Crippen molar-refractivity contribution in [2.45, 2.75) is 81.6 Å². The molecule has 3 heterocycles. The summed E-state index contributed by atoms with van der Waals surface area (Å²) >= 11 is 0. The number of likely N-dealkylation sites (tertiary alicyclic amines) is 1. The number of carbonyl (C=O) groups is 3. The van der Waals surface area contributed by atoms with Crippen molar-refractivity contribution in [2.75, 3.05) is 26.3 Å². The lowest BCUT2D eigenvalue weighted by Crippen LogP contribution is -2.53. The summed E-state index contributed by atoms with van der Waals surface area (Å²) in [7, 11) is 0. The van der Waals surface area contributed by atoms with Crippen LogP contribution in [0.15, 0.2) is 0 Å². The van der Waals surface area contributed by atoms with Gasteiger partial charge in [-0.3, -0.25) is 14.5 Å². The van der Waals surface area contributed by atoms with Crippen molar-refractivity contribution in [3.05, 3.63) is 0 Å². The van der Waals surface area contributed by atoms with Gasteiger partial charge >= 0.3 is 6.03 Å². The highest BCUT2D eigenvalue weighted by Crippen LogP contribution is 2.43. The van der Waals surface area contributed by atoms with Crippen LogP contribution < -0.4 is 5.32 Å². The van der Waals surface area contributed by atoms with Crippen LogP contribution in [0.25, 0.3) is 0 Å². The summed E-state index contributed by atoms with van der Waals surface area (Å²) < 4.78 is 11.5. The molecule has 8 heteroatoms. The van der Waals surface area contributed by atoms with Crippen LogP contribution in [0.3, 0.4) is 0 Å². The molecule has 0 radical (unpaired) electrons. The monoisotopic (exact) mass is 405 g/mol. The number of nitrogens with zero attached hydrogens (tertiary/aromatic N) is 2. The van der Waals surface area contributed by atoms with Gasteiger partial charge in [0.1, 0.15) is 5.54 Å². The van der Waals surface area contributed by atoms with Crippen LogP contribution in [-0.4, -0.2) is 71.3 Å².